The Morgan fingerprint density at radius 1 is 0.853 bits per heavy atom. The van der Waals surface area contributed by atoms with Crippen LogP contribution in [0.15, 0.2) is 77.7 Å². The third kappa shape index (κ3) is 7.55. The molecule has 1 N–H and O–H groups in total. The highest BCUT2D eigenvalue weighted by atomic mass is 32.2. The number of aryl methyl sites for hydroxylation is 1. The quantitative estimate of drug-likeness (QED) is 0.252. The lowest BCUT2D eigenvalue weighted by Crippen LogP contribution is -2.18. The molecule has 0 aliphatic rings. The molecule has 0 radical (unpaired) electrons. The van der Waals surface area contributed by atoms with Crippen molar-refractivity contribution >= 4 is 28.0 Å². The van der Waals surface area contributed by atoms with Crippen LogP contribution in [0.4, 0.5) is 5.69 Å². The van der Waals surface area contributed by atoms with E-state index in [9.17, 15) is 8.42 Å². The Morgan fingerprint density at radius 2 is 1.41 bits per heavy atom. The summed E-state index contributed by atoms with van der Waals surface area (Å²) in [5.74, 6) is 0. The summed E-state index contributed by atoms with van der Waals surface area (Å²) in [6.07, 6.45) is 4.06. The van der Waals surface area contributed by atoms with Crippen LogP contribution >= 0.6 is 0 Å². The fourth-order valence-corrected chi connectivity index (χ4v) is 4.47. The molecule has 0 fully saturated rings. The number of nitrogens with one attached hydrogen (secondary N) is 1. The first-order valence-electron chi connectivity index (χ1n) is 11.4. The molecule has 0 heterocycles. The lowest BCUT2D eigenvalue weighted by Gasteiger charge is -2.17. The van der Waals surface area contributed by atoms with E-state index in [0.29, 0.717) is 13.0 Å². The number of ether oxygens (including phenoxy) is 1. The van der Waals surface area contributed by atoms with Crippen LogP contribution in [0.5, 0.6) is 0 Å². The van der Waals surface area contributed by atoms with Gasteiger partial charge in [0.2, 0.25) is 0 Å². The first-order valence-corrected chi connectivity index (χ1v) is 12.8. The smallest absolute Gasteiger partial charge is 0.297 e. The zero-order valence-corrected chi connectivity index (χ0v) is 21.0. The topological polar surface area (TPSA) is 64.6 Å². The minimum absolute atomic E-state index is 0.104. The molecule has 34 heavy (non-hydrogen) atoms. The highest BCUT2D eigenvalue weighted by Gasteiger charge is 2.19. The van der Waals surface area contributed by atoms with Gasteiger partial charge in [-0.25, -0.2) is 0 Å². The summed E-state index contributed by atoms with van der Waals surface area (Å²) in [5.41, 5.74) is 5.40. The Balaban J connectivity index is 1.46. The Hall–Kier alpha value is -2.93. The molecule has 5 nitrogen and oxygen atoms in total. The van der Waals surface area contributed by atoms with Crippen molar-refractivity contribution in [3.05, 3.63) is 95.1 Å². The second-order valence-electron chi connectivity index (χ2n) is 8.35. The molecule has 0 spiro atoms. The molecule has 2 atom stereocenters. The maximum absolute atomic E-state index is 12.4. The van der Waals surface area contributed by atoms with Gasteiger partial charge in [-0.15, -0.1) is 0 Å². The Kier molecular flexibility index (Phi) is 9.05. The minimum atomic E-state index is -3.78. The molecule has 3 aromatic carbocycles. The summed E-state index contributed by atoms with van der Waals surface area (Å²) in [6, 6.07) is 23.1. The van der Waals surface area contributed by atoms with Gasteiger partial charge >= 0.3 is 0 Å². The summed E-state index contributed by atoms with van der Waals surface area (Å²) in [6.45, 7) is 6.04. The molecular weight excluding hydrogens is 446 g/mol. The van der Waals surface area contributed by atoms with E-state index in [1.165, 1.54) is 0 Å². The van der Waals surface area contributed by atoms with Crippen LogP contribution in [-0.2, 0) is 19.0 Å². The van der Waals surface area contributed by atoms with Crippen LogP contribution in [0.2, 0.25) is 0 Å². The van der Waals surface area contributed by atoms with Crippen molar-refractivity contribution in [3.63, 3.8) is 0 Å². The van der Waals surface area contributed by atoms with E-state index < -0.39 is 16.2 Å². The van der Waals surface area contributed by atoms with E-state index in [1.807, 2.05) is 33.0 Å². The van der Waals surface area contributed by atoms with Gasteiger partial charge in [0, 0.05) is 19.3 Å². The lowest BCUT2D eigenvalue weighted by molar-refractivity contribution is 0.0465. The van der Waals surface area contributed by atoms with Crippen molar-refractivity contribution in [3.8, 4) is 0 Å². The first-order chi connectivity index (χ1) is 16.3. The van der Waals surface area contributed by atoms with Gasteiger partial charge in [-0.3, -0.25) is 4.18 Å². The predicted molar refractivity (Wildman–Crippen MR) is 139 cm³/mol. The molecule has 0 saturated carbocycles. The summed E-state index contributed by atoms with van der Waals surface area (Å²) in [4.78, 5) is 0.170. The normalized spacial score (nSPS) is 13.6. The number of hydrogen-bond donors (Lipinski definition) is 1. The van der Waals surface area contributed by atoms with Crippen molar-refractivity contribution < 1.29 is 17.3 Å². The average Bonchev–Trinajstić information content (AvgIpc) is 2.83. The SMILES string of the molecule is CNc1ccc(/C=C/c2ccc(C(C)OCCC(C)OS(=O)(=O)c3ccc(C)cc3)cc2)cc1. The van der Waals surface area contributed by atoms with Crippen LogP contribution in [0.3, 0.4) is 0 Å². The average molecular weight is 480 g/mol. The first kappa shape index (κ1) is 25.7. The minimum Gasteiger partial charge on any atom is -0.388 e. The molecule has 6 heteroatoms. The molecule has 3 rings (SSSR count). The zero-order valence-electron chi connectivity index (χ0n) is 20.2. The van der Waals surface area contributed by atoms with Gasteiger partial charge in [0.15, 0.2) is 0 Å². The van der Waals surface area contributed by atoms with Crippen LogP contribution < -0.4 is 5.32 Å². The predicted octanol–water partition coefficient (Wildman–Crippen LogP) is 6.47. The van der Waals surface area contributed by atoms with Crippen LogP contribution in [0.1, 0.15) is 48.6 Å². The number of benzene rings is 3. The Bertz CT molecular complexity index is 1170. The molecule has 0 bridgehead atoms. The van der Waals surface area contributed by atoms with Gasteiger partial charge in [-0.2, -0.15) is 8.42 Å². The molecule has 2 unspecified atom stereocenters. The fraction of sp³-hybridized carbons (Fsp3) is 0.286. The van der Waals surface area contributed by atoms with Crippen molar-refractivity contribution in [2.75, 3.05) is 19.0 Å². The lowest BCUT2D eigenvalue weighted by atomic mass is 10.1. The number of anilines is 1. The van der Waals surface area contributed by atoms with Gasteiger partial charge in [0.1, 0.15) is 0 Å². The third-order valence-corrected chi connectivity index (χ3v) is 7.00. The summed E-state index contributed by atoms with van der Waals surface area (Å²) >= 11 is 0. The van der Waals surface area contributed by atoms with E-state index in [-0.39, 0.29) is 11.0 Å². The molecule has 0 aromatic heterocycles. The standard InChI is InChI=1S/C28H33NO4S/c1-21-5-17-28(18-6-21)34(30,31)33-22(2)19-20-32-23(3)26-13-9-24(10-14-26)7-8-25-11-15-27(29-4)16-12-25/h5-18,22-23,29H,19-20H2,1-4H3/b8-7+. The van der Waals surface area contributed by atoms with Crippen LogP contribution in [-0.4, -0.2) is 28.2 Å². The molecule has 3 aromatic rings. The van der Waals surface area contributed by atoms with E-state index in [1.54, 1.807) is 31.2 Å². The van der Waals surface area contributed by atoms with Gasteiger partial charge in [0.05, 0.1) is 17.1 Å². The highest BCUT2D eigenvalue weighted by molar-refractivity contribution is 7.86. The zero-order chi connectivity index (χ0) is 24.6. The Labute approximate surface area is 203 Å². The summed E-state index contributed by atoms with van der Waals surface area (Å²) < 4.78 is 36.1. The summed E-state index contributed by atoms with van der Waals surface area (Å²) in [7, 11) is -1.87. The molecule has 0 amide bonds. The van der Waals surface area contributed by atoms with Crippen molar-refractivity contribution in [2.24, 2.45) is 0 Å². The molecule has 0 aliphatic heterocycles. The van der Waals surface area contributed by atoms with Gasteiger partial charge in [-0.1, -0.05) is 66.2 Å². The van der Waals surface area contributed by atoms with Gasteiger partial charge in [-0.05, 0) is 68.1 Å². The van der Waals surface area contributed by atoms with Crippen LogP contribution in [0, 0.1) is 6.92 Å². The van der Waals surface area contributed by atoms with Crippen molar-refractivity contribution in [1.82, 2.24) is 0 Å². The molecular formula is C28H33NO4S. The largest absolute Gasteiger partial charge is 0.388 e. The highest BCUT2D eigenvalue weighted by Crippen LogP contribution is 2.21. The van der Waals surface area contributed by atoms with Crippen molar-refractivity contribution in [2.45, 2.75) is 44.3 Å². The molecule has 180 valence electrons. The molecule has 0 aliphatic carbocycles. The van der Waals surface area contributed by atoms with Gasteiger partial charge < -0.3 is 10.1 Å². The fourth-order valence-electron chi connectivity index (χ4n) is 3.36. The maximum Gasteiger partial charge on any atom is 0.297 e. The number of rotatable bonds is 11. The van der Waals surface area contributed by atoms with E-state index in [0.717, 1.165) is 27.9 Å². The second kappa shape index (κ2) is 12.0. The summed E-state index contributed by atoms with van der Waals surface area (Å²) in [5, 5.41) is 3.11. The third-order valence-electron chi connectivity index (χ3n) is 5.57. The maximum atomic E-state index is 12.4. The van der Waals surface area contributed by atoms with E-state index in [2.05, 4.69) is 53.9 Å². The molecule has 0 saturated heterocycles. The van der Waals surface area contributed by atoms with Gasteiger partial charge in [0.25, 0.3) is 10.1 Å². The van der Waals surface area contributed by atoms with Crippen molar-refractivity contribution in [1.29, 1.82) is 0 Å². The monoisotopic (exact) mass is 479 g/mol. The van der Waals surface area contributed by atoms with E-state index in [4.69, 9.17) is 8.92 Å². The second-order valence-corrected chi connectivity index (χ2v) is 9.92. The van der Waals surface area contributed by atoms with Crippen LogP contribution in [0.25, 0.3) is 12.2 Å². The Morgan fingerprint density at radius 3 is 1.97 bits per heavy atom. The number of hydrogen-bond acceptors (Lipinski definition) is 5. The van der Waals surface area contributed by atoms with E-state index >= 15 is 0 Å².